The molecule has 0 saturated carbocycles. The van der Waals surface area contributed by atoms with Gasteiger partial charge in [0.15, 0.2) is 0 Å². The van der Waals surface area contributed by atoms with Gasteiger partial charge in [-0.25, -0.2) is 0 Å². The van der Waals surface area contributed by atoms with Crippen LogP contribution in [-0.4, -0.2) is 4.92 Å². The van der Waals surface area contributed by atoms with Gasteiger partial charge in [0.1, 0.15) is 15.5 Å². The van der Waals surface area contributed by atoms with Gasteiger partial charge >= 0.3 is 5.88 Å². The van der Waals surface area contributed by atoms with Gasteiger partial charge in [-0.15, -0.1) is 11.3 Å². The van der Waals surface area contributed by atoms with Crippen molar-refractivity contribution in [3.05, 3.63) is 48.3 Å². The summed E-state index contributed by atoms with van der Waals surface area (Å²) in [5.41, 5.74) is 0.728. The lowest BCUT2D eigenvalue weighted by Gasteiger charge is -2.03. The van der Waals surface area contributed by atoms with Crippen LogP contribution in [0.25, 0.3) is 0 Å². The molecule has 2 aromatic rings. The highest BCUT2D eigenvalue weighted by Gasteiger charge is 2.22. The van der Waals surface area contributed by atoms with Crippen LogP contribution in [0.3, 0.4) is 0 Å². The quantitative estimate of drug-likeness (QED) is 0.439. The van der Waals surface area contributed by atoms with Crippen molar-refractivity contribution in [2.75, 3.05) is 0 Å². The van der Waals surface area contributed by atoms with Gasteiger partial charge in [-0.05, 0) is 12.1 Å². The molecule has 0 amide bonds. The van der Waals surface area contributed by atoms with Crippen LogP contribution in [0.4, 0.5) is 5.88 Å². The van der Waals surface area contributed by atoms with E-state index >= 15 is 0 Å². The van der Waals surface area contributed by atoms with Gasteiger partial charge in [-0.1, -0.05) is 39.1 Å². The third-order valence-electron chi connectivity index (χ3n) is 2.00. The number of nitrogens with zero attached hydrogens (tertiary/aromatic N) is 1. The average molecular weight is 357 g/mol. The maximum atomic E-state index is 10.5. The minimum absolute atomic E-state index is 0.304. The molecule has 0 spiro atoms. The molecule has 17 heavy (non-hydrogen) atoms. The predicted molar refractivity (Wildman–Crippen MR) is 70.5 cm³/mol. The Labute approximate surface area is 118 Å². The van der Waals surface area contributed by atoms with Crippen LogP contribution in [-0.2, 0) is 0 Å². The second-order valence-electron chi connectivity index (χ2n) is 3.08. The molecule has 1 atom stereocenters. The number of nitro groups is 1. The Balaban J connectivity index is 2.33. The summed E-state index contributed by atoms with van der Waals surface area (Å²) in [6.45, 7) is 0. The van der Waals surface area contributed by atoms with Crippen molar-refractivity contribution in [1.82, 2.24) is 0 Å². The summed E-state index contributed by atoms with van der Waals surface area (Å²) in [5.74, 6) is 0.106. The maximum Gasteiger partial charge on any atom is 0.433 e. The Morgan fingerprint density at radius 2 is 2.18 bits per heavy atom. The lowest BCUT2D eigenvalue weighted by atomic mass is 10.2. The zero-order valence-electron chi connectivity index (χ0n) is 8.02. The fraction of sp³-hybridized carbons (Fsp3) is 0.111. The minimum atomic E-state index is -0.592. The third kappa shape index (κ3) is 2.65. The van der Waals surface area contributed by atoms with Crippen molar-refractivity contribution in [1.29, 1.82) is 0 Å². The molecule has 1 unspecified atom stereocenters. The molecule has 2 rings (SSSR count). The second kappa shape index (κ2) is 4.97. The minimum Gasteiger partial charge on any atom is -0.404 e. The van der Waals surface area contributed by atoms with E-state index in [0.29, 0.717) is 14.4 Å². The molecule has 90 valence electrons. The van der Waals surface area contributed by atoms with Crippen LogP contribution >= 0.6 is 50.5 Å². The first-order valence-corrected chi connectivity index (χ1v) is 6.80. The number of hydrogen-bond acceptors (Lipinski definition) is 4. The van der Waals surface area contributed by atoms with Crippen molar-refractivity contribution >= 4 is 56.4 Å². The van der Waals surface area contributed by atoms with E-state index < -0.39 is 4.92 Å². The van der Waals surface area contributed by atoms with Gasteiger partial charge in [0.25, 0.3) is 0 Å². The normalized spacial score (nSPS) is 12.6. The Morgan fingerprint density at radius 1 is 1.47 bits per heavy atom. The van der Waals surface area contributed by atoms with Gasteiger partial charge in [-0.2, -0.15) is 0 Å². The van der Waals surface area contributed by atoms with Crippen molar-refractivity contribution in [3.8, 4) is 0 Å². The fourth-order valence-electron chi connectivity index (χ4n) is 1.26. The summed E-state index contributed by atoms with van der Waals surface area (Å²) in [5, 5.41) is 10.5. The summed E-state index contributed by atoms with van der Waals surface area (Å²) in [7, 11) is 0. The summed E-state index contributed by atoms with van der Waals surface area (Å²) in [6, 6.07) is 4.52. The largest absolute Gasteiger partial charge is 0.433 e. The second-order valence-corrected chi connectivity index (χ2v) is 6.28. The predicted octanol–water partition coefficient (Wildman–Crippen LogP) is 5.04. The van der Waals surface area contributed by atoms with E-state index in [-0.39, 0.29) is 10.7 Å². The third-order valence-corrected chi connectivity index (χ3v) is 4.46. The number of furan rings is 1. The Morgan fingerprint density at radius 3 is 2.65 bits per heavy atom. The van der Waals surface area contributed by atoms with Crippen molar-refractivity contribution < 1.29 is 9.34 Å². The standard InChI is InChI=1S/C9H4BrCl2NO3S/c10-8(4-3-6(11)17-9(4)12)5-1-2-7(16-5)13(14)15/h1-3,8H. The average Bonchev–Trinajstić information content (AvgIpc) is 2.84. The van der Waals surface area contributed by atoms with Gasteiger partial charge in [0.05, 0.1) is 14.7 Å². The van der Waals surface area contributed by atoms with Crippen LogP contribution in [0, 0.1) is 10.1 Å². The molecule has 0 aliphatic rings. The molecule has 2 heterocycles. The summed E-state index contributed by atoms with van der Waals surface area (Å²) in [4.78, 5) is 9.55. The molecule has 4 nitrogen and oxygen atoms in total. The van der Waals surface area contributed by atoms with E-state index in [1.54, 1.807) is 6.07 Å². The van der Waals surface area contributed by atoms with E-state index in [0.717, 1.165) is 5.56 Å². The van der Waals surface area contributed by atoms with Gasteiger partial charge < -0.3 is 4.42 Å². The molecule has 0 aromatic carbocycles. The Kier molecular flexibility index (Phi) is 3.77. The van der Waals surface area contributed by atoms with Crippen molar-refractivity contribution in [2.45, 2.75) is 4.83 Å². The fourth-order valence-corrected chi connectivity index (χ4v) is 3.68. The highest BCUT2D eigenvalue weighted by molar-refractivity contribution is 9.09. The highest BCUT2D eigenvalue weighted by Crippen LogP contribution is 2.42. The summed E-state index contributed by atoms with van der Waals surface area (Å²) in [6.07, 6.45) is 0. The van der Waals surface area contributed by atoms with Crippen molar-refractivity contribution in [3.63, 3.8) is 0 Å². The number of alkyl halides is 1. The highest BCUT2D eigenvalue weighted by atomic mass is 79.9. The number of halogens is 3. The van der Waals surface area contributed by atoms with Crippen molar-refractivity contribution in [2.24, 2.45) is 0 Å². The zero-order chi connectivity index (χ0) is 12.6. The lowest BCUT2D eigenvalue weighted by molar-refractivity contribution is -0.402. The molecule has 0 fully saturated rings. The molecular formula is C9H4BrCl2NO3S. The molecule has 0 bridgehead atoms. The van der Waals surface area contributed by atoms with E-state index in [1.807, 2.05) is 0 Å². The molecule has 0 radical (unpaired) electrons. The number of thiophene rings is 1. The number of hydrogen-bond donors (Lipinski definition) is 0. The molecule has 2 aromatic heterocycles. The van der Waals surface area contributed by atoms with E-state index in [1.165, 1.54) is 23.5 Å². The van der Waals surface area contributed by atoms with E-state index in [2.05, 4.69) is 15.9 Å². The smallest absolute Gasteiger partial charge is 0.404 e. The monoisotopic (exact) mass is 355 g/mol. The lowest BCUT2D eigenvalue weighted by Crippen LogP contribution is -1.89. The molecule has 0 aliphatic heterocycles. The molecule has 0 N–H and O–H groups in total. The first-order chi connectivity index (χ1) is 7.99. The summed E-state index contributed by atoms with van der Waals surface area (Å²) < 4.78 is 6.16. The first-order valence-electron chi connectivity index (χ1n) is 4.32. The number of rotatable bonds is 3. The van der Waals surface area contributed by atoms with Crippen LogP contribution in [0.15, 0.2) is 22.6 Å². The van der Waals surface area contributed by atoms with Crippen LogP contribution in [0.5, 0.6) is 0 Å². The molecular weight excluding hydrogens is 353 g/mol. The first kappa shape index (κ1) is 12.9. The molecule has 0 aliphatic carbocycles. The molecule has 8 heteroatoms. The van der Waals surface area contributed by atoms with Crippen LogP contribution in [0.1, 0.15) is 16.2 Å². The van der Waals surface area contributed by atoms with Crippen LogP contribution < -0.4 is 0 Å². The topological polar surface area (TPSA) is 56.3 Å². The zero-order valence-corrected chi connectivity index (χ0v) is 11.9. The van der Waals surface area contributed by atoms with Gasteiger partial charge in [-0.3, -0.25) is 10.1 Å². The maximum absolute atomic E-state index is 10.5. The Bertz CT molecular complexity index is 568. The SMILES string of the molecule is O=[N+]([O-])c1ccc(C(Br)c2cc(Cl)sc2Cl)o1. The van der Waals surface area contributed by atoms with Gasteiger partial charge in [0.2, 0.25) is 0 Å². The summed E-state index contributed by atoms with van der Waals surface area (Å²) >= 11 is 16.4. The van der Waals surface area contributed by atoms with Crippen LogP contribution in [0.2, 0.25) is 8.67 Å². The Hall–Kier alpha value is -0.560. The van der Waals surface area contributed by atoms with E-state index in [9.17, 15) is 10.1 Å². The molecule has 0 saturated heterocycles. The van der Waals surface area contributed by atoms with Gasteiger partial charge in [0, 0.05) is 5.56 Å². The van der Waals surface area contributed by atoms with E-state index in [4.69, 9.17) is 27.6 Å².